The Hall–Kier alpha value is -2.44. The van der Waals surface area contributed by atoms with Gasteiger partial charge in [-0.3, -0.25) is 4.98 Å². The number of thiophene rings is 1. The molecule has 2 atom stereocenters. The maximum Gasteiger partial charge on any atom is 0.170 e. The van der Waals surface area contributed by atoms with Gasteiger partial charge in [-0.25, -0.2) is 0 Å². The molecule has 3 aromatic rings. The fourth-order valence-electron chi connectivity index (χ4n) is 3.66. The highest BCUT2D eigenvalue weighted by Gasteiger charge is 2.40. The zero-order chi connectivity index (χ0) is 19.3. The minimum absolute atomic E-state index is 0.0770. The molecule has 0 amide bonds. The van der Waals surface area contributed by atoms with Crippen molar-refractivity contribution in [2.75, 3.05) is 18.4 Å². The zero-order valence-corrected chi connectivity index (χ0v) is 17.5. The predicted molar refractivity (Wildman–Crippen MR) is 121 cm³/mol. The molecule has 2 N–H and O–H groups in total. The molecule has 28 heavy (non-hydrogen) atoms. The Labute approximate surface area is 175 Å². The third kappa shape index (κ3) is 4.03. The first-order valence-electron chi connectivity index (χ1n) is 9.55. The van der Waals surface area contributed by atoms with E-state index in [0.29, 0.717) is 0 Å². The summed E-state index contributed by atoms with van der Waals surface area (Å²) in [4.78, 5) is 8.29. The van der Waals surface area contributed by atoms with Gasteiger partial charge in [-0.15, -0.1) is 11.3 Å². The highest BCUT2D eigenvalue weighted by Crippen LogP contribution is 2.41. The number of thiocarbonyl (C=S) groups is 1. The molecule has 4 rings (SSSR count). The molecular formula is C22H24N4S2. The first-order valence-corrected chi connectivity index (χ1v) is 10.8. The van der Waals surface area contributed by atoms with Crippen LogP contribution >= 0.6 is 23.6 Å². The smallest absolute Gasteiger partial charge is 0.170 e. The van der Waals surface area contributed by atoms with E-state index < -0.39 is 0 Å². The van der Waals surface area contributed by atoms with Gasteiger partial charge in [-0.2, -0.15) is 0 Å². The highest BCUT2D eigenvalue weighted by atomic mass is 32.1. The average Bonchev–Trinajstić information content (AvgIpc) is 3.29. The molecule has 0 spiro atoms. The van der Waals surface area contributed by atoms with Gasteiger partial charge in [0.2, 0.25) is 0 Å². The molecule has 1 fully saturated rings. The molecule has 144 valence electrons. The lowest BCUT2D eigenvalue weighted by Crippen LogP contribution is -2.31. The van der Waals surface area contributed by atoms with Crippen LogP contribution in [0, 0.1) is 6.92 Å². The van der Waals surface area contributed by atoms with Gasteiger partial charge in [-0.05, 0) is 66.8 Å². The molecule has 1 saturated heterocycles. The van der Waals surface area contributed by atoms with E-state index in [9.17, 15) is 0 Å². The van der Waals surface area contributed by atoms with Crippen LogP contribution in [-0.4, -0.2) is 28.1 Å². The maximum atomic E-state index is 5.73. The second-order valence-corrected chi connectivity index (χ2v) is 8.27. The second-order valence-electron chi connectivity index (χ2n) is 6.93. The summed E-state index contributed by atoms with van der Waals surface area (Å²) in [5, 5.41) is 9.99. The van der Waals surface area contributed by atoms with E-state index >= 15 is 0 Å². The molecule has 3 heterocycles. The number of nitrogens with one attached hydrogen (secondary N) is 2. The van der Waals surface area contributed by atoms with Crippen LogP contribution in [0.3, 0.4) is 0 Å². The van der Waals surface area contributed by atoms with Crippen molar-refractivity contribution >= 4 is 34.4 Å². The Morgan fingerprint density at radius 1 is 1.14 bits per heavy atom. The van der Waals surface area contributed by atoms with Crippen molar-refractivity contribution in [3.8, 4) is 0 Å². The van der Waals surface area contributed by atoms with Crippen molar-refractivity contribution in [2.45, 2.75) is 25.4 Å². The van der Waals surface area contributed by atoms with Crippen molar-refractivity contribution < 1.29 is 0 Å². The topological polar surface area (TPSA) is 40.2 Å². The molecule has 4 nitrogen and oxygen atoms in total. The zero-order valence-electron chi connectivity index (χ0n) is 15.8. The van der Waals surface area contributed by atoms with Crippen LogP contribution in [0.15, 0.2) is 66.2 Å². The van der Waals surface area contributed by atoms with Gasteiger partial charge in [-0.1, -0.05) is 24.3 Å². The quantitative estimate of drug-likeness (QED) is 0.429. The molecule has 0 radical (unpaired) electrons. The molecule has 0 saturated carbocycles. The van der Waals surface area contributed by atoms with Crippen LogP contribution in [0.1, 0.15) is 34.6 Å². The minimum atomic E-state index is 0.0770. The summed E-state index contributed by atoms with van der Waals surface area (Å²) in [5.74, 6) is 0. The molecule has 0 aliphatic carbocycles. The van der Waals surface area contributed by atoms with E-state index in [1.54, 1.807) is 11.3 Å². The minimum Gasteiger partial charge on any atom is -0.385 e. The summed E-state index contributed by atoms with van der Waals surface area (Å²) < 4.78 is 0. The largest absolute Gasteiger partial charge is 0.385 e. The number of hydrogen-bond donors (Lipinski definition) is 2. The first-order chi connectivity index (χ1) is 13.7. The van der Waals surface area contributed by atoms with Crippen LogP contribution in [0.5, 0.6) is 0 Å². The third-order valence-electron chi connectivity index (χ3n) is 5.05. The molecule has 0 unspecified atom stereocenters. The van der Waals surface area contributed by atoms with E-state index in [0.717, 1.165) is 36.0 Å². The van der Waals surface area contributed by atoms with Crippen molar-refractivity contribution in [2.24, 2.45) is 0 Å². The monoisotopic (exact) mass is 408 g/mol. The standard InChI is InChI=1S/C22H24N4S2/c1-16-11-15-28-21(16)20-19(18-10-5-6-12-24-18)25-22(27)26(20)14-7-13-23-17-8-3-2-4-9-17/h2-6,8-12,15,19-20,23H,7,13-14H2,1H3,(H,25,27)/t19-,20-/m1/s1. The number of pyridine rings is 1. The Bertz CT molecular complexity index is 911. The van der Waals surface area contributed by atoms with Crippen molar-refractivity contribution in [1.29, 1.82) is 0 Å². The van der Waals surface area contributed by atoms with E-state index in [1.807, 2.05) is 24.4 Å². The molecule has 6 heteroatoms. The molecule has 1 aliphatic heterocycles. The molecule has 1 aromatic carbocycles. The summed E-state index contributed by atoms with van der Waals surface area (Å²) in [6.07, 6.45) is 2.86. The summed E-state index contributed by atoms with van der Waals surface area (Å²) in [5.41, 5.74) is 3.50. The molecule has 2 aromatic heterocycles. The normalized spacial score (nSPS) is 18.9. The highest BCUT2D eigenvalue weighted by molar-refractivity contribution is 7.80. The van der Waals surface area contributed by atoms with Crippen LogP contribution < -0.4 is 10.6 Å². The number of nitrogens with zero attached hydrogens (tertiary/aromatic N) is 2. The van der Waals surface area contributed by atoms with Gasteiger partial charge in [0.25, 0.3) is 0 Å². The Balaban J connectivity index is 1.50. The van der Waals surface area contributed by atoms with Crippen LogP contribution in [0.2, 0.25) is 0 Å². The summed E-state index contributed by atoms with van der Waals surface area (Å²) >= 11 is 7.53. The van der Waals surface area contributed by atoms with Gasteiger partial charge < -0.3 is 15.5 Å². The SMILES string of the molecule is Cc1ccsc1[C@H]1[C@@H](c2ccccn2)NC(=S)N1CCCNc1ccccc1. The third-order valence-corrected chi connectivity index (χ3v) is 6.49. The number of rotatable bonds is 7. The summed E-state index contributed by atoms with van der Waals surface area (Å²) in [7, 11) is 0. The number of para-hydroxylation sites is 1. The number of hydrogen-bond acceptors (Lipinski definition) is 4. The van der Waals surface area contributed by atoms with E-state index in [-0.39, 0.29) is 12.1 Å². The first kappa shape index (κ1) is 18.9. The summed E-state index contributed by atoms with van der Waals surface area (Å²) in [6, 6.07) is 18.8. The predicted octanol–water partition coefficient (Wildman–Crippen LogP) is 4.93. The van der Waals surface area contributed by atoms with Crippen molar-refractivity contribution in [1.82, 2.24) is 15.2 Å². The Morgan fingerprint density at radius 2 is 1.96 bits per heavy atom. The van der Waals surface area contributed by atoms with E-state index in [4.69, 9.17) is 12.2 Å². The Morgan fingerprint density at radius 3 is 2.68 bits per heavy atom. The van der Waals surface area contributed by atoms with Gasteiger partial charge in [0.05, 0.1) is 17.8 Å². The van der Waals surface area contributed by atoms with E-state index in [1.165, 1.54) is 10.4 Å². The fourth-order valence-corrected chi connectivity index (χ4v) is 5.06. The van der Waals surface area contributed by atoms with Crippen LogP contribution in [0.4, 0.5) is 5.69 Å². The lowest BCUT2D eigenvalue weighted by Gasteiger charge is -2.27. The maximum absolute atomic E-state index is 5.73. The number of benzene rings is 1. The van der Waals surface area contributed by atoms with Crippen molar-refractivity contribution in [3.63, 3.8) is 0 Å². The van der Waals surface area contributed by atoms with Gasteiger partial charge in [0.15, 0.2) is 5.11 Å². The van der Waals surface area contributed by atoms with E-state index in [2.05, 4.69) is 69.2 Å². The Kier molecular flexibility index (Phi) is 5.88. The number of aryl methyl sites for hydroxylation is 1. The molecule has 0 bridgehead atoms. The lowest BCUT2D eigenvalue weighted by molar-refractivity contribution is 0.320. The van der Waals surface area contributed by atoms with Gasteiger partial charge >= 0.3 is 0 Å². The van der Waals surface area contributed by atoms with Crippen molar-refractivity contribution in [3.05, 3.63) is 82.3 Å². The lowest BCUT2D eigenvalue weighted by atomic mass is 10.0. The van der Waals surface area contributed by atoms with Crippen LogP contribution in [0.25, 0.3) is 0 Å². The molecule has 1 aliphatic rings. The van der Waals surface area contributed by atoms with Gasteiger partial charge in [0.1, 0.15) is 0 Å². The number of anilines is 1. The fraction of sp³-hybridized carbons (Fsp3) is 0.273. The summed E-state index contributed by atoms with van der Waals surface area (Å²) in [6.45, 7) is 3.99. The number of aromatic nitrogens is 1. The van der Waals surface area contributed by atoms with Crippen LogP contribution in [-0.2, 0) is 0 Å². The second kappa shape index (κ2) is 8.71. The van der Waals surface area contributed by atoms with Gasteiger partial charge in [0, 0.05) is 29.9 Å². The average molecular weight is 409 g/mol. The molecular weight excluding hydrogens is 384 g/mol.